The second-order valence-corrected chi connectivity index (χ2v) is 8.12. The Morgan fingerprint density at radius 2 is 0.889 bits per heavy atom. The highest BCUT2D eigenvalue weighted by molar-refractivity contribution is 6.31. The van der Waals surface area contributed by atoms with Crippen molar-refractivity contribution >= 4 is 35.1 Å². The fraction of sp³-hybridized carbons (Fsp3) is 0.167. The molecule has 0 radical (unpaired) electrons. The number of methoxy groups -OCH3 is 2. The average molecular weight is 551 g/mol. The van der Waals surface area contributed by atoms with Gasteiger partial charge in [-0.25, -0.2) is 9.59 Å². The molecule has 3 aromatic carbocycles. The number of carbonyl (C=O) groups excluding carboxylic acids is 2. The van der Waals surface area contributed by atoms with Crippen LogP contribution in [0.3, 0.4) is 0 Å². The molecule has 0 N–H and O–H groups in total. The zero-order valence-electron chi connectivity index (χ0n) is 18.3. The summed E-state index contributed by atoms with van der Waals surface area (Å²) in [6, 6.07) is 8.44. The molecule has 0 saturated carbocycles. The molecule has 0 saturated heterocycles. The van der Waals surface area contributed by atoms with Gasteiger partial charge in [-0.15, -0.1) is 0 Å². The second-order valence-electron chi connectivity index (χ2n) is 7.24. The molecule has 0 bridgehead atoms. The zero-order chi connectivity index (χ0) is 27.0. The Balaban J connectivity index is 2.79. The Morgan fingerprint density at radius 3 is 1.11 bits per heavy atom. The van der Waals surface area contributed by atoms with Crippen LogP contribution in [0.15, 0.2) is 48.5 Å². The molecule has 3 rings (SSSR count). The van der Waals surface area contributed by atoms with Gasteiger partial charge in [0.1, 0.15) is 0 Å². The summed E-state index contributed by atoms with van der Waals surface area (Å²) < 4.78 is 96.3. The molecule has 0 aliphatic carbocycles. The van der Waals surface area contributed by atoms with Crippen LogP contribution in [0.2, 0.25) is 10.0 Å². The van der Waals surface area contributed by atoms with Crippen LogP contribution in [0, 0.1) is 0 Å². The normalized spacial score (nSPS) is 11.8. The quantitative estimate of drug-likeness (QED) is 0.244. The maximum atomic E-state index is 14.5. The predicted molar refractivity (Wildman–Crippen MR) is 120 cm³/mol. The molecule has 0 aliphatic heterocycles. The van der Waals surface area contributed by atoms with Gasteiger partial charge in [-0.05, 0) is 35.4 Å². The Kier molecular flexibility index (Phi) is 7.61. The van der Waals surface area contributed by atoms with Gasteiger partial charge in [0.05, 0.1) is 36.5 Å². The molecular formula is C24H14Cl2F6O4. The Labute approximate surface area is 210 Å². The zero-order valence-corrected chi connectivity index (χ0v) is 19.8. The maximum absolute atomic E-state index is 14.5. The van der Waals surface area contributed by atoms with Crippen LogP contribution >= 0.6 is 23.2 Å². The SMILES string of the molecule is COC(=O)c1c(C(=O)OC)c(-c2ccc(Cl)cc2)c(C(F)(F)F)c(C(F)(F)F)c1-c1ccc(Cl)cc1. The Hall–Kier alpha value is -3.24. The highest BCUT2D eigenvalue weighted by atomic mass is 35.5. The third kappa shape index (κ3) is 5.15. The molecule has 0 aromatic heterocycles. The van der Waals surface area contributed by atoms with Gasteiger partial charge in [-0.2, -0.15) is 26.3 Å². The van der Waals surface area contributed by atoms with Gasteiger partial charge < -0.3 is 9.47 Å². The molecular weight excluding hydrogens is 537 g/mol. The number of hydrogen-bond donors (Lipinski definition) is 0. The van der Waals surface area contributed by atoms with Gasteiger partial charge in [0.25, 0.3) is 0 Å². The van der Waals surface area contributed by atoms with Crippen LogP contribution in [0.25, 0.3) is 22.3 Å². The monoisotopic (exact) mass is 550 g/mol. The van der Waals surface area contributed by atoms with Crippen LogP contribution in [-0.2, 0) is 21.8 Å². The number of carbonyl (C=O) groups is 2. The number of halogens is 8. The van der Waals surface area contributed by atoms with Crippen LogP contribution in [-0.4, -0.2) is 26.2 Å². The minimum Gasteiger partial charge on any atom is -0.465 e. The molecule has 0 spiro atoms. The minimum atomic E-state index is -5.64. The summed E-state index contributed by atoms with van der Waals surface area (Å²) in [5, 5.41) is 0.128. The maximum Gasteiger partial charge on any atom is 0.417 e. The highest BCUT2D eigenvalue weighted by Gasteiger charge is 2.50. The molecule has 0 heterocycles. The van der Waals surface area contributed by atoms with Crippen molar-refractivity contribution in [3.8, 4) is 22.3 Å². The van der Waals surface area contributed by atoms with E-state index in [-0.39, 0.29) is 10.0 Å². The summed E-state index contributed by atoms with van der Waals surface area (Å²) in [6.45, 7) is 0. The first-order valence-corrected chi connectivity index (χ1v) is 10.5. The first-order chi connectivity index (χ1) is 16.7. The highest BCUT2D eigenvalue weighted by Crippen LogP contribution is 2.52. The summed E-state index contributed by atoms with van der Waals surface area (Å²) in [7, 11) is 1.61. The van der Waals surface area contributed by atoms with Crippen LogP contribution in [0.4, 0.5) is 26.3 Å². The molecule has 190 valence electrons. The first-order valence-electron chi connectivity index (χ1n) is 9.79. The van der Waals surface area contributed by atoms with Crippen molar-refractivity contribution in [2.24, 2.45) is 0 Å². The van der Waals surface area contributed by atoms with E-state index in [0.29, 0.717) is 0 Å². The van der Waals surface area contributed by atoms with Gasteiger partial charge in [0, 0.05) is 21.2 Å². The van der Waals surface area contributed by atoms with E-state index in [1.54, 1.807) is 0 Å². The Bertz CT molecular complexity index is 1210. The van der Waals surface area contributed by atoms with Gasteiger partial charge in [-0.1, -0.05) is 47.5 Å². The summed E-state index contributed by atoms with van der Waals surface area (Å²) in [4.78, 5) is 25.7. The molecule has 0 unspecified atom stereocenters. The molecule has 0 atom stereocenters. The van der Waals surface area contributed by atoms with Crippen molar-refractivity contribution in [2.75, 3.05) is 14.2 Å². The number of ether oxygens (including phenoxy) is 2. The van der Waals surface area contributed by atoms with Crippen molar-refractivity contribution < 1.29 is 45.4 Å². The van der Waals surface area contributed by atoms with Gasteiger partial charge >= 0.3 is 24.3 Å². The summed E-state index contributed by atoms with van der Waals surface area (Å²) in [6.07, 6.45) is -11.3. The third-order valence-corrected chi connectivity index (χ3v) is 5.62. The van der Waals surface area contributed by atoms with Crippen LogP contribution in [0.5, 0.6) is 0 Å². The van der Waals surface area contributed by atoms with Crippen molar-refractivity contribution in [3.05, 3.63) is 80.8 Å². The number of rotatable bonds is 4. The number of hydrogen-bond acceptors (Lipinski definition) is 4. The molecule has 0 aliphatic rings. The first kappa shape index (κ1) is 27.3. The van der Waals surface area contributed by atoms with Crippen LogP contribution in [0.1, 0.15) is 31.8 Å². The van der Waals surface area contributed by atoms with E-state index in [2.05, 4.69) is 9.47 Å². The number of esters is 2. The summed E-state index contributed by atoms with van der Waals surface area (Å²) in [5.41, 5.74) is -9.84. The third-order valence-electron chi connectivity index (χ3n) is 5.11. The van der Waals surface area contributed by atoms with Crippen molar-refractivity contribution in [3.63, 3.8) is 0 Å². The van der Waals surface area contributed by atoms with Gasteiger partial charge in [-0.3, -0.25) is 0 Å². The minimum absolute atomic E-state index is 0.0638. The van der Waals surface area contributed by atoms with Crippen molar-refractivity contribution in [1.82, 2.24) is 0 Å². The van der Waals surface area contributed by atoms with E-state index in [1.165, 1.54) is 0 Å². The fourth-order valence-electron chi connectivity index (χ4n) is 3.74. The number of alkyl halides is 6. The Morgan fingerprint density at radius 1 is 0.611 bits per heavy atom. The smallest absolute Gasteiger partial charge is 0.417 e. The second kappa shape index (κ2) is 10.0. The summed E-state index contributed by atoms with van der Waals surface area (Å²) >= 11 is 11.6. The molecule has 0 fully saturated rings. The van der Waals surface area contributed by atoms with E-state index in [1.807, 2.05) is 0 Å². The predicted octanol–water partition coefficient (Wildman–Crippen LogP) is 7.94. The van der Waals surface area contributed by atoms with E-state index in [4.69, 9.17) is 23.2 Å². The number of benzene rings is 3. The lowest BCUT2D eigenvalue weighted by Gasteiger charge is -2.27. The lowest BCUT2D eigenvalue weighted by Crippen LogP contribution is -2.26. The summed E-state index contributed by atoms with van der Waals surface area (Å²) in [5.74, 6) is -2.98. The average Bonchev–Trinajstić information content (AvgIpc) is 2.81. The topological polar surface area (TPSA) is 52.6 Å². The lowest BCUT2D eigenvalue weighted by molar-refractivity contribution is -0.161. The van der Waals surface area contributed by atoms with Gasteiger partial charge in [0.15, 0.2) is 0 Å². The van der Waals surface area contributed by atoms with Gasteiger partial charge in [0.2, 0.25) is 0 Å². The van der Waals surface area contributed by atoms with Crippen molar-refractivity contribution in [2.45, 2.75) is 12.4 Å². The largest absolute Gasteiger partial charge is 0.465 e. The lowest BCUT2D eigenvalue weighted by atomic mass is 9.80. The molecule has 12 heteroatoms. The molecule has 0 amide bonds. The molecule has 3 aromatic rings. The van der Waals surface area contributed by atoms with E-state index in [9.17, 15) is 35.9 Å². The molecule has 4 nitrogen and oxygen atoms in total. The van der Waals surface area contributed by atoms with E-state index >= 15 is 0 Å². The van der Waals surface area contributed by atoms with E-state index < -0.39 is 68.8 Å². The molecule has 36 heavy (non-hydrogen) atoms. The van der Waals surface area contributed by atoms with E-state index in [0.717, 1.165) is 62.8 Å². The van der Waals surface area contributed by atoms with Crippen molar-refractivity contribution in [1.29, 1.82) is 0 Å². The van der Waals surface area contributed by atoms with Crippen LogP contribution < -0.4 is 0 Å². The fourth-order valence-corrected chi connectivity index (χ4v) is 3.99. The standard InChI is InChI=1S/C24H14Cl2F6O4/c1-35-21(33)17-15(11-3-7-13(25)8-4-11)19(23(27,28)29)20(24(30,31)32)16(18(17)22(34)36-2)12-5-9-14(26)10-6-12/h3-10H,1-2H3.